The average molecular weight is 188 g/mol. The van der Waals surface area contributed by atoms with Gasteiger partial charge in [0.15, 0.2) is 5.17 Å². The van der Waals surface area contributed by atoms with Crippen LogP contribution in [0, 0.1) is 0 Å². The monoisotopic (exact) mass is 188 g/mol. The molecule has 70 valence electrons. The zero-order valence-electron chi connectivity index (χ0n) is 7.51. The highest BCUT2D eigenvalue weighted by atomic mass is 32.2. The Bertz CT molecular complexity index is 150. The molecule has 1 aliphatic heterocycles. The second kappa shape index (κ2) is 6.31. The maximum absolute atomic E-state index is 4.94. The van der Waals surface area contributed by atoms with Crippen LogP contribution in [-0.2, 0) is 4.74 Å². The number of nitrogens with one attached hydrogen (secondary N) is 1. The van der Waals surface area contributed by atoms with E-state index in [0.717, 1.165) is 31.3 Å². The third kappa shape index (κ3) is 3.97. The summed E-state index contributed by atoms with van der Waals surface area (Å²) in [5.41, 5.74) is 0. The maximum Gasteiger partial charge on any atom is 0.156 e. The minimum atomic E-state index is 0.824. The zero-order chi connectivity index (χ0) is 8.65. The van der Waals surface area contributed by atoms with E-state index in [1.165, 1.54) is 12.2 Å². The molecule has 4 heteroatoms. The summed E-state index contributed by atoms with van der Waals surface area (Å²) in [5.74, 6) is 1.20. The molecule has 0 saturated carbocycles. The van der Waals surface area contributed by atoms with Crippen molar-refractivity contribution < 1.29 is 4.74 Å². The van der Waals surface area contributed by atoms with Gasteiger partial charge in [-0.2, -0.15) is 0 Å². The molecular weight excluding hydrogens is 172 g/mol. The summed E-state index contributed by atoms with van der Waals surface area (Å²) in [5, 5.41) is 4.40. The molecule has 1 aliphatic rings. The van der Waals surface area contributed by atoms with Crippen molar-refractivity contribution in [3.8, 4) is 0 Å². The first kappa shape index (κ1) is 9.86. The minimum absolute atomic E-state index is 0.824. The molecule has 0 saturated heterocycles. The molecule has 0 fully saturated rings. The van der Waals surface area contributed by atoms with Crippen LogP contribution in [0.1, 0.15) is 12.8 Å². The molecule has 0 amide bonds. The van der Waals surface area contributed by atoms with Crippen LogP contribution in [0.25, 0.3) is 0 Å². The number of methoxy groups -OCH3 is 1. The van der Waals surface area contributed by atoms with Crippen molar-refractivity contribution in [3.05, 3.63) is 0 Å². The largest absolute Gasteiger partial charge is 0.385 e. The van der Waals surface area contributed by atoms with Gasteiger partial charge in [-0.05, 0) is 12.8 Å². The Balaban J connectivity index is 2.01. The van der Waals surface area contributed by atoms with Crippen molar-refractivity contribution in [2.45, 2.75) is 12.8 Å². The van der Waals surface area contributed by atoms with Gasteiger partial charge in [0.1, 0.15) is 0 Å². The van der Waals surface area contributed by atoms with Gasteiger partial charge in [-0.15, -0.1) is 0 Å². The molecule has 0 radical (unpaired) electrons. The van der Waals surface area contributed by atoms with Gasteiger partial charge in [-0.3, -0.25) is 4.99 Å². The standard InChI is InChI=1S/C8H16N2OS/c1-11-6-2-4-9-8-10-5-3-7-12-8/h2-7H2,1H3,(H,9,10). The fourth-order valence-corrected chi connectivity index (χ4v) is 1.83. The van der Waals surface area contributed by atoms with Gasteiger partial charge in [-0.1, -0.05) is 11.8 Å². The Labute approximate surface area is 78.0 Å². The van der Waals surface area contributed by atoms with Crippen LogP contribution < -0.4 is 5.32 Å². The first-order chi connectivity index (χ1) is 5.93. The van der Waals surface area contributed by atoms with Crippen LogP contribution in [0.4, 0.5) is 0 Å². The van der Waals surface area contributed by atoms with E-state index in [9.17, 15) is 0 Å². The fraction of sp³-hybridized carbons (Fsp3) is 0.875. The number of rotatable bonds is 4. The van der Waals surface area contributed by atoms with E-state index in [0.29, 0.717) is 0 Å². The van der Waals surface area contributed by atoms with Crippen LogP contribution in [0.3, 0.4) is 0 Å². The maximum atomic E-state index is 4.94. The molecule has 3 nitrogen and oxygen atoms in total. The molecule has 12 heavy (non-hydrogen) atoms. The van der Waals surface area contributed by atoms with Crippen LogP contribution in [0.5, 0.6) is 0 Å². The molecule has 1 heterocycles. The summed E-state index contributed by atoms with van der Waals surface area (Å²) in [6.07, 6.45) is 2.27. The molecule has 0 aromatic rings. The summed E-state index contributed by atoms with van der Waals surface area (Å²) in [7, 11) is 1.73. The zero-order valence-corrected chi connectivity index (χ0v) is 8.32. The molecular formula is C8H16N2OS. The molecule has 0 atom stereocenters. The fourth-order valence-electron chi connectivity index (χ4n) is 0.978. The Morgan fingerprint density at radius 2 is 2.58 bits per heavy atom. The summed E-state index contributed by atoms with van der Waals surface area (Å²) in [6.45, 7) is 2.78. The Hall–Kier alpha value is -0.220. The lowest BCUT2D eigenvalue weighted by molar-refractivity contribution is 0.196. The lowest BCUT2D eigenvalue weighted by atomic mass is 10.4. The highest BCUT2D eigenvalue weighted by molar-refractivity contribution is 8.13. The van der Waals surface area contributed by atoms with Crippen molar-refractivity contribution in [1.82, 2.24) is 5.32 Å². The summed E-state index contributed by atoms with van der Waals surface area (Å²) < 4.78 is 4.94. The van der Waals surface area contributed by atoms with Gasteiger partial charge in [0.05, 0.1) is 0 Å². The number of ether oxygens (including phenoxy) is 1. The van der Waals surface area contributed by atoms with Crippen molar-refractivity contribution in [3.63, 3.8) is 0 Å². The van der Waals surface area contributed by atoms with E-state index in [1.807, 2.05) is 11.8 Å². The number of amidine groups is 1. The highest BCUT2D eigenvalue weighted by Gasteiger charge is 2.03. The number of nitrogens with zero attached hydrogens (tertiary/aromatic N) is 1. The van der Waals surface area contributed by atoms with E-state index < -0.39 is 0 Å². The predicted octanol–water partition coefficient (Wildman–Crippen LogP) is 1.11. The third-order valence-electron chi connectivity index (χ3n) is 1.60. The van der Waals surface area contributed by atoms with Crippen LogP contribution in [-0.4, -0.2) is 37.7 Å². The van der Waals surface area contributed by atoms with E-state index in [4.69, 9.17) is 4.74 Å². The first-order valence-corrected chi connectivity index (χ1v) is 5.32. The van der Waals surface area contributed by atoms with Gasteiger partial charge in [0.25, 0.3) is 0 Å². The van der Waals surface area contributed by atoms with Crippen LogP contribution in [0.15, 0.2) is 4.99 Å². The second-order valence-corrected chi connectivity index (χ2v) is 3.75. The normalized spacial score (nSPS) is 17.2. The lowest BCUT2D eigenvalue weighted by Gasteiger charge is -2.12. The third-order valence-corrected chi connectivity index (χ3v) is 2.64. The van der Waals surface area contributed by atoms with Crippen molar-refractivity contribution in [2.75, 3.05) is 32.6 Å². The molecule has 1 N–H and O–H groups in total. The Kier molecular flexibility index (Phi) is 5.19. The molecule has 0 spiro atoms. The van der Waals surface area contributed by atoms with Crippen LogP contribution in [0.2, 0.25) is 0 Å². The molecule has 0 aliphatic carbocycles. The SMILES string of the molecule is COCCCNC1=NCCCS1. The smallest absolute Gasteiger partial charge is 0.156 e. The molecule has 0 unspecified atom stereocenters. The average Bonchev–Trinajstić information content (AvgIpc) is 2.14. The Morgan fingerprint density at radius 1 is 1.67 bits per heavy atom. The van der Waals surface area contributed by atoms with Crippen molar-refractivity contribution in [2.24, 2.45) is 4.99 Å². The highest BCUT2D eigenvalue weighted by Crippen LogP contribution is 2.09. The van der Waals surface area contributed by atoms with Crippen LogP contribution >= 0.6 is 11.8 Å². The molecule has 0 bridgehead atoms. The topological polar surface area (TPSA) is 33.6 Å². The molecule has 1 rings (SSSR count). The first-order valence-electron chi connectivity index (χ1n) is 4.33. The minimum Gasteiger partial charge on any atom is -0.385 e. The molecule has 0 aromatic heterocycles. The number of thioether (sulfide) groups is 1. The van der Waals surface area contributed by atoms with Gasteiger partial charge in [0, 0.05) is 32.6 Å². The van der Waals surface area contributed by atoms with Gasteiger partial charge in [0.2, 0.25) is 0 Å². The van der Waals surface area contributed by atoms with E-state index >= 15 is 0 Å². The lowest BCUT2D eigenvalue weighted by Crippen LogP contribution is -2.25. The van der Waals surface area contributed by atoms with Crippen molar-refractivity contribution in [1.29, 1.82) is 0 Å². The molecule has 0 aromatic carbocycles. The van der Waals surface area contributed by atoms with E-state index in [-0.39, 0.29) is 0 Å². The number of aliphatic imine (C=N–C) groups is 1. The van der Waals surface area contributed by atoms with Crippen molar-refractivity contribution >= 4 is 16.9 Å². The quantitative estimate of drug-likeness (QED) is 0.671. The van der Waals surface area contributed by atoms with Gasteiger partial charge in [-0.25, -0.2) is 0 Å². The van der Waals surface area contributed by atoms with Gasteiger partial charge >= 0.3 is 0 Å². The van der Waals surface area contributed by atoms with Gasteiger partial charge < -0.3 is 10.1 Å². The summed E-state index contributed by atoms with van der Waals surface area (Å²) in [6, 6.07) is 0. The number of hydrogen-bond donors (Lipinski definition) is 1. The van der Waals surface area contributed by atoms with E-state index in [2.05, 4.69) is 10.3 Å². The predicted molar refractivity (Wildman–Crippen MR) is 53.9 cm³/mol. The summed E-state index contributed by atoms with van der Waals surface area (Å²) >= 11 is 1.82. The Morgan fingerprint density at radius 3 is 3.25 bits per heavy atom. The summed E-state index contributed by atoms with van der Waals surface area (Å²) in [4.78, 5) is 4.35. The second-order valence-electron chi connectivity index (χ2n) is 2.66. The number of hydrogen-bond acceptors (Lipinski definition) is 4. The van der Waals surface area contributed by atoms with E-state index in [1.54, 1.807) is 7.11 Å².